The van der Waals surface area contributed by atoms with Crippen LogP contribution >= 0.6 is 23.8 Å². The van der Waals surface area contributed by atoms with Gasteiger partial charge >= 0.3 is 0 Å². The van der Waals surface area contributed by atoms with Gasteiger partial charge in [-0.2, -0.15) is 5.10 Å². The summed E-state index contributed by atoms with van der Waals surface area (Å²) in [6, 6.07) is 7.71. The zero-order valence-corrected chi connectivity index (χ0v) is 13.5. The second kappa shape index (κ2) is 8.89. The minimum Gasteiger partial charge on any atom is -0.383 e. The first-order chi connectivity index (χ1) is 9.56. The van der Waals surface area contributed by atoms with Crippen LogP contribution in [0.25, 0.3) is 0 Å². The Morgan fingerprint density at radius 1 is 1.40 bits per heavy atom. The minimum absolute atomic E-state index is 0.135. The fraction of sp³-hybridized carbons (Fsp3) is 0.429. The molecule has 1 rings (SSSR count). The Labute approximate surface area is 130 Å². The summed E-state index contributed by atoms with van der Waals surface area (Å²) in [5.41, 5.74) is 4.80. The molecule has 0 aliphatic rings. The molecule has 0 fully saturated rings. The van der Waals surface area contributed by atoms with Crippen LogP contribution in [-0.4, -0.2) is 30.6 Å². The molecule has 110 valence electrons. The van der Waals surface area contributed by atoms with Crippen molar-refractivity contribution in [1.29, 1.82) is 0 Å². The predicted octanol–water partition coefficient (Wildman–Crippen LogP) is 2.95. The highest BCUT2D eigenvalue weighted by Gasteiger charge is 2.04. The Hall–Kier alpha value is -1.17. The molecular weight excluding hydrogens is 294 g/mol. The maximum Gasteiger partial charge on any atom is 0.187 e. The molecule has 4 nitrogen and oxygen atoms in total. The topological polar surface area (TPSA) is 45.7 Å². The number of methoxy groups -OCH3 is 1. The SMILES string of the molecule is CC/C(=N/NC(=S)N[C@H](C)COC)c1ccc(Cl)cc1. The van der Waals surface area contributed by atoms with Gasteiger partial charge < -0.3 is 10.1 Å². The largest absolute Gasteiger partial charge is 0.383 e. The van der Waals surface area contributed by atoms with Gasteiger partial charge in [-0.3, -0.25) is 5.43 Å². The molecule has 0 radical (unpaired) electrons. The molecule has 1 aromatic rings. The van der Waals surface area contributed by atoms with Gasteiger partial charge in [0.05, 0.1) is 12.3 Å². The van der Waals surface area contributed by atoms with E-state index in [-0.39, 0.29) is 6.04 Å². The Morgan fingerprint density at radius 3 is 2.60 bits per heavy atom. The smallest absolute Gasteiger partial charge is 0.187 e. The van der Waals surface area contributed by atoms with Gasteiger partial charge in [0, 0.05) is 18.2 Å². The third-order valence-electron chi connectivity index (χ3n) is 2.60. The number of halogens is 1. The molecule has 1 aromatic carbocycles. The molecule has 6 heteroatoms. The molecule has 2 N–H and O–H groups in total. The van der Waals surface area contributed by atoms with Crippen LogP contribution in [0.1, 0.15) is 25.8 Å². The van der Waals surface area contributed by atoms with E-state index in [9.17, 15) is 0 Å². The van der Waals surface area contributed by atoms with Gasteiger partial charge in [0.15, 0.2) is 5.11 Å². The molecule has 1 atom stereocenters. The summed E-state index contributed by atoms with van der Waals surface area (Å²) in [4.78, 5) is 0. The Morgan fingerprint density at radius 2 is 2.05 bits per heavy atom. The van der Waals surface area contributed by atoms with Crippen molar-refractivity contribution in [3.05, 3.63) is 34.9 Å². The van der Waals surface area contributed by atoms with Crippen molar-refractivity contribution >= 4 is 34.6 Å². The third kappa shape index (κ3) is 5.86. The second-order valence-electron chi connectivity index (χ2n) is 4.36. The van der Waals surface area contributed by atoms with Crippen molar-refractivity contribution in [3.8, 4) is 0 Å². The average Bonchev–Trinajstić information content (AvgIpc) is 2.41. The van der Waals surface area contributed by atoms with Gasteiger partial charge in [-0.05, 0) is 43.3 Å². The second-order valence-corrected chi connectivity index (χ2v) is 5.21. The van der Waals surface area contributed by atoms with Gasteiger partial charge in [0.2, 0.25) is 0 Å². The molecule has 20 heavy (non-hydrogen) atoms. The summed E-state index contributed by atoms with van der Waals surface area (Å²) in [5, 5.41) is 8.61. The number of benzene rings is 1. The number of hydrogen-bond donors (Lipinski definition) is 2. The number of rotatable bonds is 6. The molecule has 0 aromatic heterocycles. The number of hydrogen-bond acceptors (Lipinski definition) is 3. The van der Waals surface area contributed by atoms with E-state index in [0.29, 0.717) is 16.7 Å². The standard InChI is InChI=1S/C14H20ClN3OS/c1-4-13(11-5-7-12(15)8-6-11)17-18-14(20)16-10(2)9-19-3/h5-8,10H,4,9H2,1-3H3,(H2,16,18,20)/b17-13-/t10-/m1/s1. The number of hydrazone groups is 1. The first-order valence-electron chi connectivity index (χ1n) is 6.44. The molecule has 0 amide bonds. The summed E-state index contributed by atoms with van der Waals surface area (Å²) in [6.45, 7) is 4.61. The van der Waals surface area contributed by atoms with E-state index < -0.39 is 0 Å². The third-order valence-corrected chi connectivity index (χ3v) is 3.06. The first-order valence-corrected chi connectivity index (χ1v) is 7.23. The normalized spacial score (nSPS) is 12.9. The van der Waals surface area contributed by atoms with Gasteiger partial charge in [0.25, 0.3) is 0 Å². The van der Waals surface area contributed by atoms with Gasteiger partial charge in [-0.25, -0.2) is 0 Å². The molecule has 0 saturated heterocycles. The monoisotopic (exact) mass is 313 g/mol. The number of nitrogens with one attached hydrogen (secondary N) is 2. The van der Waals surface area contributed by atoms with Crippen LogP contribution in [0.15, 0.2) is 29.4 Å². The lowest BCUT2D eigenvalue weighted by Crippen LogP contribution is -2.40. The van der Waals surface area contributed by atoms with Crippen LogP contribution in [0, 0.1) is 0 Å². The number of ether oxygens (including phenoxy) is 1. The summed E-state index contributed by atoms with van der Waals surface area (Å²) >= 11 is 11.1. The fourth-order valence-electron chi connectivity index (χ4n) is 1.66. The van der Waals surface area contributed by atoms with Crippen LogP contribution in [0.3, 0.4) is 0 Å². The van der Waals surface area contributed by atoms with Gasteiger partial charge in [-0.15, -0.1) is 0 Å². The molecule has 0 aliphatic carbocycles. The van der Waals surface area contributed by atoms with Crippen molar-refractivity contribution < 1.29 is 4.74 Å². The van der Waals surface area contributed by atoms with Crippen LogP contribution in [0.2, 0.25) is 5.02 Å². The summed E-state index contributed by atoms with van der Waals surface area (Å²) in [6.07, 6.45) is 0.796. The Bertz CT molecular complexity index is 462. The van der Waals surface area contributed by atoms with E-state index in [4.69, 9.17) is 28.6 Å². The van der Waals surface area contributed by atoms with Gasteiger partial charge in [0.1, 0.15) is 0 Å². The summed E-state index contributed by atoms with van der Waals surface area (Å²) in [7, 11) is 1.66. The molecule has 0 saturated carbocycles. The van der Waals surface area contributed by atoms with Crippen LogP contribution in [0.4, 0.5) is 0 Å². The van der Waals surface area contributed by atoms with Crippen molar-refractivity contribution in [1.82, 2.24) is 10.7 Å². The quantitative estimate of drug-likeness (QED) is 0.481. The number of thiocarbonyl (C=S) groups is 1. The minimum atomic E-state index is 0.135. The molecule has 0 bridgehead atoms. The lowest BCUT2D eigenvalue weighted by atomic mass is 10.1. The molecule has 0 aliphatic heterocycles. The summed E-state index contributed by atoms with van der Waals surface area (Å²) in [5.74, 6) is 0. The lowest BCUT2D eigenvalue weighted by molar-refractivity contribution is 0.179. The maximum atomic E-state index is 5.88. The number of nitrogens with zero attached hydrogens (tertiary/aromatic N) is 1. The Balaban J connectivity index is 2.61. The molecule has 0 spiro atoms. The molecule has 0 unspecified atom stereocenters. The summed E-state index contributed by atoms with van der Waals surface area (Å²) < 4.78 is 5.03. The molecule has 0 heterocycles. The van der Waals surface area contributed by atoms with Crippen LogP contribution in [-0.2, 0) is 4.74 Å². The predicted molar refractivity (Wildman–Crippen MR) is 88.5 cm³/mol. The van der Waals surface area contributed by atoms with Gasteiger partial charge in [-0.1, -0.05) is 30.7 Å². The Kier molecular flexibility index (Phi) is 7.51. The van der Waals surface area contributed by atoms with Crippen molar-refractivity contribution in [2.24, 2.45) is 5.10 Å². The fourth-order valence-corrected chi connectivity index (χ4v) is 2.03. The average molecular weight is 314 g/mol. The highest BCUT2D eigenvalue weighted by molar-refractivity contribution is 7.80. The highest BCUT2D eigenvalue weighted by Crippen LogP contribution is 2.11. The van der Waals surface area contributed by atoms with E-state index in [1.54, 1.807) is 7.11 Å². The van der Waals surface area contributed by atoms with E-state index in [1.165, 1.54) is 0 Å². The lowest BCUT2D eigenvalue weighted by Gasteiger charge is -2.14. The zero-order chi connectivity index (χ0) is 15.0. The zero-order valence-electron chi connectivity index (χ0n) is 11.9. The van der Waals surface area contributed by atoms with E-state index in [2.05, 4.69) is 15.8 Å². The highest BCUT2D eigenvalue weighted by atomic mass is 35.5. The van der Waals surface area contributed by atoms with Crippen molar-refractivity contribution in [3.63, 3.8) is 0 Å². The van der Waals surface area contributed by atoms with Crippen molar-refractivity contribution in [2.45, 2.75) is 26.3 Å². The maximum absolute atomic E-state index is 5.88. The van der Waals surface area contributed by atoms with E-state index in [1.807, 2.05) is 38.1 Å². The first kappa shape index (κ1) is 16.9. The van der Waals surface area contributed by atoms with Crippen LogP contribution < -0.4 is 10.7 Å². The van der Waals surface area contributed by atoms with Crippen molar-refractivity contribution in [2.75, 3.05) is 13.7 Å². The van der Waals surface area contributed by atoms with Crippen LogP contribution in [0.5, 0.6) is 0 Å². The van der Waals surface area contributed by atoms with E-state index >= 15 is 0 Å². The molecular formula is C14H20ClN3OS. The van der Waals surface area contributed by atoms with E-state index in [0.717, 1.165) is 17.7 Å².